The van der Waals surface area contributed by atoms with Gasteiger partial charge in [0.25, 0.3) is 5.91 Å². The number of imide groups is 1. The number of benzene rings is 2. The molecule has 0 aromatic heterocycles. The number of anilines is 1. The number of rotatable bonds is 6. The first-order valence-corrected chi connectivity index (χ1v) is 8.49. The summed E-state index contributed by atoms with van der Waals surface area (Å²) in [7, 11) is 5.75. The summed E-state index contributed by atoms with van der Waals surface area (Å²) in [5.41, 5.74) is 0.373. The number of nitrogens with one attached hydrogen (secondary N) is 2. The van der Waals surface area contributed by atoms with Crippen LogP contribution < -0.4 is 29.6 Å². The van der Waals surface area contributed by atoms with E-state index in [4.69, 9.17) is 18.9 Å². The van der Waals surface area contributed by atoms with Crippen LogP contribution in [-0.2, 0) is 0 Å². The van der Waals surface area contributed by atoms with Crippen LogP contribution in [0.15, 0.2) is 34.8 Å². The highest BCUT2D eigenvalue weighted by molar-refractivity contribution is 9.10. The van der Waals surface area contributed by atoms with Crippen molar-refractivity contribution in [3.63, 3.8) is 0 Å². The van der Waals surface area contributed by atoms with Crippen molar-refractivity contribution in [3.8, 4) is 23.0 Å². The molecule has 2 aromatic rings. The van der Waals surface area contributed by atoms with E-state index in [1.807, 2.05) is 0 Å². The summed E-state index contributed by atoms with van der Waals surface area (Å²) in [5, 5.41) is 4.80. The molecule has 27 heavy (non-hydrogen) atoms. The Kier molecular flexibility index (Phi) is 6.89. The van der Waals surface area contributed by atoms with Crippen LogP contribution in [-0.4, -0.2) is 40.4 Å². The third kappa shape index (κ3) is 4.43. The zero-order valence-electron chi connectivity index (χ0n) is 15.2. The third-order valence-corrected chi connectivity index (χ3v) is 4.24. The number of halogens is 1. The Morgan fingerprint density at radius 1 is 0.852 bits per heavy atom. The van der Waals surface area contributed by atoms with Crippen LogP contribution in [0.3, 0.4) is 0 Å². The molecule has 0 heterocycles. The van der Waals surface area contributed by atoms with Gasteiger partial charge in [0.2, 0.25) is 0 Å². The lowest BCUT2D eigenvalue weighted by Gasteiger charge is -2.16. The van der Waals surface area contributed by atoms with Crippen LogP contribution in [0.2, 0.25) is 0 Å². The Labute approximate surface area is 164 Å². The molecule has 0 bridgehead atoms. The van der Waals surface area contributed by atoms with Crippen LogP contribution in [0.1, 0.15) is 10.4 Å². The van der Waals surface area contributed by atoms with E-state index in [1.165, 1.54) is 28.4 Å². The number of carbonyl (C=O) groups excluding carboxylic acids is 2. The molecular formula is C18H19BrN2O6. The molecule has 0 aliphatic carbocycles. The van der Waals surface area contributed by atoms with E-state index in [2.05, 4.69) is 26.6 Å². The first-order valence-electron chi connectivity index (χ1n) is 7.70. The normalized spacial score (nSPS) is 9.96. The number of hydrogen-bond donors (Lipinski definition) is 2. The Hall–Kier alpha value is -2.94. The van der Waals surface area contributed by atoms with E-state index in [0.29, 0.717) is 21.7 Å². The highest BCUT2D eigenvalue weighted by Crippen LogP contribution is 2.36. The monoisotopic (exact) mass is 438 g/mol. The van der Waals surface area contributed by atoms with Crippen molar-refractivity contribution >= 4 is 33.6 Å². The molecule has 9 heteroatoms. The third-order valence-electron chi connectivity index (χ3n) is 3.62. The second kappa shape index (κ2) is 9.13. The van der Waals surface area contributed by atoms with Gasteiger partial charge in [0.1, 0.15) is 34.2 Å². The topological polar surface area (TPSA) is 95.1 Å². The maximum Gasteiger partial charge on any atom is 0.326 e. The average Bonchev–Trinajstić information content (AvgIpc) is 2.67. The molecule has 0 unspecified atom stereocenters. The number of amides is 3. The molecule has 8 nitrogen and oxygen atoms in total. The minimum atomic E-state index is -0.771. The van der Waals surface area contributed by atoms with Crippen LogP contribution in [0.25, 0.3) is 0 Å². The number of ether oxygens (including phenoxy) is 4. The lowest BCUT2D eigenvalue weighted by molar-refractivity contribution is 0.0961. The highest BCUT2D eigenvalue weighted by atomic mass is 79.9. The fourth-order valence-corrected chi connectivity index (χ4v) is 2.90. The first kappa shape index (κ1) is 20.4. The molecule has 0 aliphatic rings. The predicted molar refractivity (Wildman–Crippen MR) is 103 cm³/mol. The van der Waals surface area contributed by atoms with Gasteiger partial charge >= 0.3 is 6.03 Å². The van der Waals surface area contributed by atoms with E-state index in [1.54, 1.807) is 30.3 Å². The highest BCUT2D eigenvalue weighted by Gasteiger charge is 2.23. The molecule has 2 rings (SSSR count). The van der Waals surface area contributed by atoms with Crippen molar-refractivity contribution in [2.75, 3.05) is 33.8 Å². The summed E-state index contributed by atoms with van der Waals surface area (Å²) in [6.45, 7) is 0. The second-order valence-electron chi connectivity index (χ2n) is 5.10. The van der Waals surface area contributed by atoms with Crippen molar-refractivity contribution in [2.45, 2.75) is 0 Å². The molecule has 2 N–H and O–H groups in total. The van der Waals surface area contributed by atoms with Gasteiger partial charge in [0, 0.05) is 0 Å². The van der Waals surface area contributed by atoms with Crippen LogP contribution in [0.5, 0.6) is 23.0 Å². The molecule has 2 aromatic carbocycles. The number of para-hydroxylation sites is 1. The molecule has 3 amide bonds. The minimum Gasteiger partial charge on any atom is -0.496 e. The van der Waals surface area contributed by atoms with Crippen molar-refractivity contribution in [1.82, 2.24) is 5.32 Å². The van der Waals surface area contributed by atoms with Crippen LogP contribution in [0.4, 0.5) is 10.5 Å². The quantitative estimate of drug-likeness (QED) is 0.716. The van der Waals surface area contributed by atoms with Crippen molar-refractivity contribution in [3.05, 3.63) is 40.4 Å². The lowest BCUT2D eigenvalue weighted by Crippen LogP contribution is -2.35. The van der Waals surface area contributed by atoms with E-state index in [0.717, 1.165) is 0 Å². The fourth-order valence-electron chi connectivity index (χ4n) is 2.41. The number of urea groups is 1. The number of carbonyl (C=O) groups is 2. The maximum atomic E-state index is 12.7. The van der Waals surface area contributed by atoms with E-state index >= 15 is 0 Å². The molecule has 0 aliphatic heterocycles. The van der Waals surface area contributed by atoms with Crippen molar-refractivity contribution < 1.29 is 28.5 Å². The van der Waals surface area contributed by atoms with Gasteiger partial charge in [0.05, 0.1) is 32.9 Å². The standard InChI is InChI=1S/C18H19BrN2O6/c1-24-11-9-8-10(19)16(27-4)14(11)17(22)21-18(23)20-15-12(25-2)6-5-7-13(15)26-3/h5-9H,1-4H3,(H2,20,21,22,23). The van der Waals surface area contributed by atoms with Gasteiger partial charge in [-0.1, -0.05) is 6.07 Å². The molecule has 0 saturated heterocycles. The lowest BCUT2D eigenvalue weighted by atomic mass is 10.1. The van der Waals surface area contributed by atoms with Gasteiger partial charge in [-0.05, 0) is 40.2 Å². The minimum absolute atomic E-state index is 0.0801. The smallest absolute Gasteiger partial charge is 0.326 e. The molecule has 0 saturated carbocycles. The van der Waals surface area contributed by atoms with Crippen molar-refractivity contribution in [1.29, 1.82) is 0 Å². The largest absolute Gasteiger partial charge is 0.496 e. The Balaban J connectivity index is 2.28. The van der Waals surface area contributed by atoms with E-state index in [-0.39, 0.29) is 17.1 Å². The van der Waals surface area contributed by atoms with Gasteiger partial charge in [-0.25, -0.2) is 4.79 Å². The van der Waals surface area contributed by atoms with Gasteiger partial charge in [-0.2, -0.15) is 0 Å². The average molecular weight is 439 g/mol. The molecule has 0 fully saturated rings. The summed E-state index contributed by atoms with van der Waals surface area (Å²) in [4.78, 5) is 25.0. The molecule has 0 atom stereocenters. The second-order valence-corrected chi connectivity index (χ2v) is 5.96. The predicted octanol–water partition coefficient (Wildman–Crippen LogP) is 3.45. The van der Waals surface area contributed by atoms with E-state index < -0.39 is 11.9 Å². The molecule has 0 spiro atoms. The summed E-state index contributed by atoms with van der Waals surface area (Å²) in [5.74, 6) is 0.574. The summed E-state index contributed by atoms with van der Waals surface area (Å²) in [6.07, 6.45) is 0. The zero-order valence-corrected chi connectivity index (χ0v) is 16.8. The SMILES string of the molecule is COc1cccc(OC)c1NC(=O)NC(=O)c1c(OC)ccc(Br)c1OC. The van der Waals surface area contributed by atoms with Gasteiger partial charge < -0.3 is 24.3 Å². The zero-order chi connectivity index (χ0) is 20.0. The number of hydrogen-bond acceptors (Lipinski definition) is 6. The molecular weight excluding hydrogens is 420 g/mol. The van der Waals surface area contributed by atoms with Gasteiger partial charge in [-0.3, -0.25) is 10.1 Å². The summed E-state index contributed by atoms with van der Waals surface area (Å²) < 4.78 is 21.4. The Bertz CT molecular complexity index is 834. The molecule has 144 valence electrons. The molecule has 0 radical (unpaired) electrons. The maximum absolute atomic E-state index is 12.7. The summed E-state index contributed by atoms with van der Waals surface area (Å²) in [6, 6.07) is 7.51. The Morgan fingerprint density at radius 3 is 1.96 bits per heavy atom. The van der Waals surface area contributed by atoms with Crippen LogP contribution >= 0.6 is 15.9 Å². The van der Waals surface area contributed by atoms with Crippen molar-refractivity contribution in [2.24, 2.45) is 0 Å². The van der Waals surface area contributed by atoms with E-state index in [9.17, 15) is 9.59 Å². The van der Waals surface area contributed by atoms with Crippen LogP contribution in [0, 0.1) is 0 Å². The first-order chi connectivity index (χ1) is 13.0. The Morgan fingerprint density at radius 2 is 1.44 bits per heavy atom. The van der Waals surface area contributed by atoms with Gasteiger partial charge in [-0.15, -0.1) is 0 Å². The fraction of sp³-hybridized carbons (Fsp3) is 0.222. The number of methoxy groups -OCH3 is 4. The van der Waals surface area contributed by atoms with Gasteiger partial charge in [0.15, 0.2) is 0 Å². The summed E-state index contributed by atoms with van der Waals surface area (Å²) >= 11 is 3.30.